The Labute approximate surface area is 143 Å². The van der Waals surface area contributed by atoms with E-state index in [1.54, 1.807) is 0 Å². The Bertz CT molecular complexity index is 861. The second-order valence-electron chi connectivity index (χ2n) is 6.93. The lowest BCUT2D eigenvalue weighted by Gasteiger charge is -2.15. The topological polar surface area (TPSA) is 37.8 Å². The van der Waals surface area contributed by atoms with Gasteiger partial charge in [0.25, 0.3) is 0 Å². The Hall–Kier alpha value is -2.42. The second kappa shape index (κ2) is 5.90. The van der Waals surface area contributed by atoms with Gasteiger partial charge in [-0.25, -0.2) is 9.97 Å². The van der Waals surface area contributed by atoms with Gasteiger partial charge < -0.3 is 5.32 Å². The summed E-state index contributed by atoms with van der Waals surface area (Å²) in [5.74, 6) is 2.49. The van der Waals surface area contributed by atoms with E-state index in [-0.39, 0.29) is 0 Å². The molecule has 24 heavy (non-hydrogen) atoms. The van der Waals surface area contributed by atoms with Crippen molar-refractivity contribution in [3.05, 3.63) is 70.2 Å². The number of hydrogen-bond donors (Lipinski definition) is 1. The fourth-order valence-electron chi connectivity index (χ4n) is 3.77. The van der Waals surface area contributed by atoms with Crippen molar-refractivity contribution >= 4 is 11.4 Å². The van der Waals surface area contributed by atoms with Crippen molar-refractivity contribution in [1.29, 1.82) is 0 Å². The SMILES string of the molecule is CNc1nc(Cc2cccc(C)c2)nc2c1C1=CCC(C)C=C1C2. The zero-order chi connectivity index (χ0) is 16.7. The van der Waals surface area contributed by atoms with E-state index in [1.807, 2.05) is 7.05 Å². The Kier molecular flexibility index (Phi) is 3.72. The zero-order valence-electron chi connectivity index (χ0n) is 14.6. The molecule has 1 aromatic heterocycles. The molecule has 122 valence electrons. The van der Waals surface area contributed by atoms with Gasteiger partial charge in [-0.1, -0.05) is 48.9 Å². The zero-order valence-corrected chi connectivity index (χ0v) is 14.6. The number of nitrogens with one attached hydrogen (secondary N) is 1. The summed E-state index contributed by atoms with van der Waals surface area (Å²) in [5, 5.41) is 3.29. The van der Waals surface area contributed by atoms with Crippen LogP contribution >= 0.6 is 0 Å². The minimum atomic E-state index is 0.621. The van der Waals surface area contributed by atoms with E-state index < -0.39 is 0 Å². The van der Waals surface area contributed by atoms with Gasteiger partial charge in [0.05, 0.1) is 5.69 Å². The van der Waals surface area contributed by atoms with Crippen LogP contribution in [0.4, 0.5) is 5.82 Å². The molecule has 2 aliphatic carbocycles. The standard InChI is InChI=1S/C21H23N3/c1-13-5-4-6-15(9-13)11-19-23-18-12-16-10-14(2)7-8-17(16)20(18)21(22-3)24-19/h4-6,8-10,14H,7,11-12H2,1-3H3,(H,22,23,24). The summed E-state index contributed by atoms with van der Waals surface area (Å²) in [7, 11) is 1.95. The van der Waals surface area contributed by atoms with Crippen LogP contribution in [0.1, 0.15) is 41.6 Å². The maximum atomic E-state index is 4.90. The molecule has 1 aromatic carbocycles. The Balaban J connectivity index is 1.74. The molecule has 3 heteroatoms. The van der Waals surface area contributed by atoms with Crippen molar-refractivity contribution in [2.75, 3.05) is 12.4 Å². The molecule has 0 saturated carbocycles. The number of rotatable bonds is 3. The average molecular weight is 317 g/mol. The smallest absolute Gasteiger partial charge is 0.137 e. The van der Waals surface area contributed by atoms with Crippen LogP contribution in [0.3, 0.4) is 0 Å². The van der Waals surface area contributed by atoms with Crippen LogP contribution in [0.2, 0.25) is 0 Å². The third-order valence-corrected chi connectivity index (χ3v) is 4.86. The Morgan fingerprint density at radius 2 is 2.12 bits per heavy atom. The molecule has 1 heterocycles. The number of allylic oxidation sites excluding steroid dienone is 4. The minimum Gasteiger partial charge on any atom is -0.373 e. The Morgan fingerprint density at radius 1 is 1.25 bits per heavy atom. The molecule has 0 spiro atoms. The summed E-state index contributed by atoms with van der Waals surface area (Å²) in [4.78, 5) is 9.71. The quantitative estimate of drug-likeness (QED) is 0.916. The summed E-state index contributed by atoms with van der Waals surface area (Å²) in [6, 6.07) is 8.58. The molecule has 1 N–H and O–H groups in total. The van der Waals surface area contributed by atoms with Crippen molar-refractivity contribution < 1.29 is 0 Å². The third kappa shape index (κ3) is 2.64. The van der Waals surface area contributed by atoms with Gasteiger partial charge in [-0.05, 0) is 36.0 Å². The first-order valence-corrected chi connectivity index (χ1v) is 8.68. The summed E-state index contributed by atoms with van der Waals surface area (Å²) in [6.07, 6.45) is 7.57. The first kappa shape index (κ1) is 15.1. The van der Waals surface area contributed by atoms with Crippen molar-refractivity contribution in [1.82, 2.24) is 9.97 Å². The average Bonchev–Trinajstić information content (AvgIpc) is 2.91. The van der Waals surface area contributed by atoms with E-state index in [4.69, 9.17) is 9.97 Å². The fourth-order valence-corrected chi connectivity index (χ4v) is 3.77. The van der Waals surface area contributed by atoms with E-state index >= 15 is 0 Å². The molecule has 0 fully saturated rings. The third-order valence-electron chi connectivity index (χ3n) is 4.86. The van der Waals surface area contributed by atoms with Gasteiger partial charge in [0, 0.05) is 25.5 Å². The number of aromatic nitrogens is 2. The lowest BCUT2D eigenvalue weighted by Crippen LogP contribution is -2.06. The number of hydrogen-bond acceptors (Lipinski definition) is 3. The molecule has 3 nitrogen and oxygen atoms in total. The van der Waals surface area contributed by atoms with Gasteiger partial charge in [-0.2, -0.15) is 0 Å². The second-order valence-corrected chi connectivity index (χ2v) is 6.93. The van der Waals surface area contributed by atoms with Gasteiger partial charge in [-0.3, -0.25) is 0 Å². The summed E-state index contributed by atoms with van der Waals surface area (Å²) >= 11 is 0. The molecule has 0 radical (unpaired) electrons. The summed E-state index contributed by atoms with van der Waals surface area (Å²) in [6.45, 7) is 4.40. The predicted molar refractivity (Wildman–Crippen MR) is 99.1 cm³/mol. The van der Waals surface area contributed by atoms with E-state index in [9.17, 15) is 0 Å². The van der Waals surface area contributed by atoms with Crippen LogP contribution in [0.5, 0.6) is 0 Å². The fraction of sp³-hybridized carbons (Fsp3) is 0.333. The molecule has 0 amide bonds. The van der Waals surface area contributed by atoms with Gasteiger partial charge in [-0.15, -0.1) is 0 Å². The van der Waals surface area contributed by atoms with Crippen molar-refractivity contribution in [2.45, 2.75) is 33.1 Å². The summed E-state index contributed by atoms with van der Waals surface area (Å²) < 4.78 is 0. The predicted octanol–water partition coefficient (Wildman–Crippen LogP) is 4.32. The molecule has 4 rings (SSSR count). The number of anilines is 1. The molecule has 0 aliphatic heterocycles. The molecule has 0 saturated heterocycles. The molecule has 0 bridgehead atoms. The van der Waals surface area contributed by atoms with Crippen molar-refractivity contribution in [3.8, 4) is 0 Å². The van der Waals surface area contributed by atoms with Gasteiger partial charge in [0.15, 0.2) is 0 Å². The normalized spacial score (nSPS) is 18.5. The van der Waals surface area contributed by atoms with Crippen molar-refractivity contribution in [3.63, 3.8) is 0 Å². The number of aryl methyl sites for hydroxylation is 1. The first-order chi connectivity index (χ1) is 11.6. The largest absolute Gasteiger partial charge is 0.373 e. The molecule has 1 unspecified atom stereocenters. The van der Waals surface area contributed by atoms with E-state index in [2.05, 4.69) is 55.6 Å². The highest BCUT2D eigenvalue weighted by atomic mass is 15.0. The molecule has 2 aliphatic rings. The van der Waals surface area contributed by atoms with Crippen LogP contribution in [0.15, 0.2) is 42.0 Å². The maximum absolute atomic E-state index is 4.90. The van der Waals surface area contributed by atoms with Crippen molar-refractivity contribution in [2.24, 2.45) is 5.92 Å². The van der Waals surface area contributed by atoms with Crippen LogP contribution in [-0.4, -0.2) is 17.0 Å². The van der Waals surface area contributed by atoms with Crippen LogP contribution < -0.4 is 5.32 Å². The maximum Gasteiger partial charge on any atom is 0.137 e. The number of benzene rings is 1. The van der Waals surface area contributed by atoms with Gasteiger partial charge in [0.2, 0.25) is 0 Å². The summed E-state index contributed by atoms with van der Waals surface area (Å²) in [5.41, 5.74) is 7.68. The molecule has 1 atom stereocenters. The molecule has 2 aromatic rings. The number of nitrogens with zero attached hydrogens (tertiary/aromatic N) is 2. The van der Waals surface area contributed by atoms with Gasteiger partial charge >= 0.3 is 0 Å². The van der Waals surface area contributed by atoms with Gasteiger partial charge in [0.1, 0.15) is 11.6 Å². The van der Waals surface area contributed by atoms with E-state index in [0.717, 1.165) is 30.9 Å². The highest BCUT2D eigenvalue weighted by Gasteiger charge is 2.29. The van der Waals surface area contributed by atoms with Crippen LogP contribution in [-0.2, 0) is 12.8 Å². The van der Waals surface area contributed by atoms with Crippen LogP contribution in [0, 0.1) is 12.8 Å². The Morgan fingerprint density at radius 3 is 2.92 bits per heavy atom. The van der Waals surface area contributed by atoms with E-state index in [0.29, 0.717) is 5.92 Å². The highest BCUT2D eigenvalue weighted by molar-refractivity contribution is 5.90. The molecular weight excluding hydrogens is 294 g/mol. The number of fused-ring (bicyclic) bond motifs is 3. The monoisotopic (exact) mass is 317 g/mol. The van der Waals surface area contributed by atoms with Crippen LogP contribution in [0.25, 0.3) is 5.57 Å². The first-order valence-electron chi connectivity index (χ1n) is 8.68. The van der Waals surface area contributed by atoms with E-state index in [1.165, 1.54) is 33.5 Å². The minimum absolute atomic E-state index is 0.621. The molecular formula is C21H23N3. The highest BCUT2D eigenvalue weighted by Crippen LogP contribution is 2.42. The lowest BCUT2D eigenvalue weighted by atomic mass is 9.92. The lowest BCUT2D eigenvalue weighted by molar-refractivity contribution is 0.731.